The molecule has 0 unspecified atom stereocenters. The van der Waals surface area contributed by atoms with Gasteiger partial charge in [-0.15, -0.1) is 0 Å². The van der Waals surface area contributed by atoms with Crippen molar-refractivity contribution in [2.75, 3.05) is 0 Å². The van der Waals surface area contributed by atoms with Crippen LogP contribution < -0.4 is 0 Å². The van der Waals surface area contributed by atoms with E-state index in [0.717, 1.165) is 12.1 Å². The maximum atomic E-state index is 12.5. The fourth-order valence-corrected chi connectivity index (χ4v) is 2.36. The number of rotatable bonds is 1. The van der Waals surface area contributed by atoms with E-state index in [-0.39, 0.29) is 5.02 Å². The van der Waals surface area contributed by atoms with E-state index in [1.807, 2.05) is 0 Å². The van der Waals surface area contributed by atoms with Crippen molar-refractivity contribution in [3.8, 4) is 11.1 Å². The highest BCUT2D eigenvalue weighted by Gasteiger charge is 2.30. The summed E-state index contributed by atoms with van der Waals surface area (Å²) in [5, 5.41) is 0.837. The standard InChI is InChI=1S/C13H6Cl3F3/c14-9-5-6-10(15)12(16)11(9)7-1-3-8(4-2-7)13(17,18)19/h1-6H. The van der Waals surface area contributed by atoms with Crippen LogP contribution in [-0.4, -0.2) is 0 Å². The van der Waals surface area contributed by atoms with Gasteiger partial charge in [-0.3, -0.25) is 0 Å². The van der Waals surface area contributed by atoms with Crippen molar-refractivity contribution in [1.29, 1.82) is 0 Å². The van der Waals surface area contributed by atoms with Crippen molar-refractivity contribution >= 4 is 34.8 Å². The minimum atomic E-state index is -4.37. The molecule has 0 nitrogen and oxygen atoms in total. The number of hydrogen-bond acceptors (Lipinski definition) is 0. The summed E-state index contributed by atoms with van der Waals surface area (Å²) in [5.74, 6) is 0. The zero-order valence-corrected chi connectivity index (χ0v) is 11.5. The van der Waals surface area contributed by atoms with Crippen LogP contribution in [0.25, 0.3) is 11.1 Å². The predicted molar refractivity (Wildman–Crippen MR) is 71.9 cm³/mol. The molecule has 6 heteroatoms. The monoisotopic (exact) mass is 324 g/mol. The average Bonchev–Trinajstić information content (AvgIpc) is 2.34. The van der Waals surface area contributed by atoms with Gasteiger partial charge in [0.15, 0.2) is 0 Å². The molecule has 0 bridgehead atoms. The van der Waals surface area contributed by atoms with E-state index >= 15 is 0 Å². The van der Waals surface area contributed by atoms with Crippen LogP contribution in [-0.2, 0) is 6.18 Å². The lowest BCUT2D eigenvalue weighted by atomic mass is 10.0. The van der Waals surface area contributed by atoms with Crippen molar-refractivity contribution in [3.63, 3.8) is 0 Å². The smallest absolute Gasteiger partial charge is 0.166 e. The summed E-state index contributed by atoms with van der Waals surface area (Å²) in [6.45, 7) is 0. The first-order chi connectivity index (χ1) is 8.80. The summed E-state index contributed by atoms with van der Waals surface area (Å²) in [6, 6.07) is 7.65. The molecule has 2 aromatic carbocycles. The lowest BCUT2D eigenvalue weighted by Crippen LogP contribution is -2.04. The Labute approximate surface area is 122 Å². The molecule has 0 N–H and O–H groups in total. The van der Waals surface area contributed by atoms with E-state index in [0.29, 0.717) is 21.2 Å². The summed E-state index contributed by atoms with van der Waals surface area (Å²) in [7, 11) is 0. The molecule has 0 radical (unpaired) electrons. The fourth-order valence-electron chi connectivity index (χ4n) is 1.62. The SMILES string of the molecule is FC(F)(F)c1ccc(-c2c(Cl)ccc(Cl)c2Cl)cc1. The molecule has 0 aliphatic heterocycles. The minimum absolute atomic E-state index is 0.217. The second-order valence-electron chi connectivity index (χ2n) is 3.79. The van der Waals surface area contributed by atoms with E-state index in [1.54, 1.807) is 6.07 Å². The normalized spacial score (nSPS) is 11.7. The largest absolute Gasteiger partial charge is 0.416 e. The Hall–Kier alpha value is -0.900. The van der Waals surface area contributed by atoms with Crippen molar-refractivity contribution in [2.24, 2.45) is 0 Å². The molecule has 0 saturated carbocycles. The maximum absolute atomic E-state index is 12.5. The van der Waals surface area contributed by atoms with Gasteiger partial charge in [0.25, 0.3) is 0 Å². The first kappa shape index (κ1) is 14.5. The highest BCUT2D eigenvalue weighted by molar-refractivity contribution is 6.46. The van der Waals surface area contributed by atoms with Gasteiger partial charge in [0.2, 0.25) is 0 Å². The van der Waals surface area contributed by atoms with Gasteiger partial charge in [0, 0.05) is 10.6 Å². The van der Waals surface area contributed by atoms with Crippen LogP contribution in [0.15, 0.2) is 36.4 Å². The topological polar surface area (TPSA) is 0 Å². The summed E-state index contributed by atoms with van der Waals surface area (Å²) in [4.78, 5) is 0. The number of alkyl halides is 3. The van der Waals surface area contributed by atoms with Gasteiger partial charge in [-0.2, -0.15) is 13.2 Å². The van der Waals surface area contributed by atoms with Crippen LogP contribution in [0.2, 0.25) is 15.1 Å². The molecule has 0 fully saturated rings. The molecule has 0 spiro atoms. The van der Waals surface area contributed by atoms with Gasteiger partial charge in [0.05, 0.1) is 15.6 Å². The molecular weight excluding hydrogens is 319 g/mol. The van der Waals surface area contributed by atoms with Crippen LogP contribution in [0, 0.1) is 0 Å². The third kappa shape index (κ3) is 2.99. The van der Waals surface area contributed by atoms with Gasteiger partial charge >= 0.3 is 6.18 Å². The zero-order valence-electron chi connectivity index (χ0n) is 9.23. The van der Waals surface area contributed by atoms with Crippen LogP contribution in [0.4, 0.5) is 13.2 Å². The van der Waals surface area contributed by atoms with Crippen molar-refractivity contribution in [1.82, 2.24) is 0 Å². The Kier molecular flexibility index (Phi) is 4.00. The first-order valence-electron chi connectivity index (χ1n) is 5.12. The quantitative estimate of drug-likeness (QED) is 0.537. The van der Waals surface area contributed by atoms with E-state index in [9.17, 15) is 13.2 Å². The Bertz CT molecular complexity index is 604. The molecule has 0 saturated heterocycles. The molecule has 0 aliphatic carbocycles. The molecule has 2 rings (SSSR count). The zero-order chi connectivity index (χ0) is 14.2. The van der Waals surface area contributed by atoms with E-state index in [2.05, 4.69) is 0 Å². The van der Waals surface area contributed by atoms with Gasteiger partial charge in [-0.05, 0) is 29.8 Å². The fraction of sp³-hybridized carbons (Fsp3) is 0.0769. The van der Waals surface area contributed by atoms with E-state index in [1.165, 1.54) is 18.2 Å². The van der Waals surface area contributed by atoms with Crippen LogP contribution in [0.5, 0.6) is 0 Å². The molecule has 2 aromatic rings. The number of hydrogen-bond donors (Lipinski definition) is 0. The minimum Gasteiger partial charge on any atom is -0.166 e. The van der Waals surface area contributed by atoms with E-state index in [4.69, 9.17) is 34.8 Å². The average molecular weight is 326 g/mol. The lowest BCUT2D eigenvalue weighted by Gasteiger charge is -2.11. The molecule has 0 amide bonds. The second kappa shape index (κ2) is 5.23. The van der Waals surface area contributed by atoms with Crippen LogP contribution >= 0.6 is 34.8 Å². The molecule has 0 heterocycles. The molecule has 19 heavy (non-hydrogen) atoms. The van der Waals surface area contributed by atoms with E-state index < -0.39 is 11.7 Å². The van der Waals surface area contributed by atoms with Gasteiger partial charge in [0.1, 0.15) is 0 Å². The highest BCUT2D eigenvalue weighted by atomic mass is 35.5. The predicted octanol–water partition coefficient (Wildman–Crippen LogP) is 6.33. The molecular formula is C13H6Cl3F3. The number of benzene rings is 2. The molecule has 0 atom stereocenters. The third-order valence-corrected chi connectivity index (χ3v) is 3.66. The maximum Gasteiger partial charge on any atom is 0.416 e. The lowest BCUT2D eigenvalue weighted by molar-refractivity contribution is -0.137. The Morgan fingerprint density at radius 3 is 1.79 bits per heavy atom. The van der Waals surface area contributed by atoms with Crippen molar-refractivity contribution < 1.29 is 13.2 Å². The Morgan fingerprint density at radius 1 is 0.737 bits per heavy atom. The van der Waals surface area contributed by atoms with Gasteiger partial charge in [-0.1, -0.05) is 46.9 Å². The summed E-state index contributed by atoms with van der Waals surface area (Å²) in [5.41, 5.74) is 0.167. The number of halogens is 6. The highest BCUT2D eigenvalue weighted by Crippen LogP contribution is 2.40. The van der Waals surface area contributed by atoms with Crippen molar-refractivity contribution in [2.45, 2.75) is 6.18 Å². The Balaban J connectivity index is 2.52. The summed E-state index contributed by atoms with van der Waals surface area (Å²) >= 11 is 17.9. The van der Waals surface area contributed by atoms with Crippen LogP contribution in [0.3, 0.4) is 0 Å². The summed E-state index contributed by atoms with van der Waals surface area (Å²) < 4.78 is 37.4. The summed E-state index contributed by atoms with van der Waals surface area (Å²) in [6.07, 6.45) is -4.37. The second-order valence-corrected chi connectivity index (χ2v) is 4.99. The van der Waals surface area contributed by atoms with Gasteiger partial charge in [-0.25, -0.2) is 0 Å². The molecule has 0 aliphatic rings. The van der Waals surface area contributed by atoms with Crippen molar-refractivity contribution in [3.05, 3.63) is 57.0 Å². The third-order valence-electron chi connectivity index (χ3n) is 2.54. The molecule has 100 valence electrons. The van der Waals surface area contributed by atoms with Crippen LogP contribution in [0.1, 0.15) is 5.56 Å². The first-order valence-corrected chi connectivity index (χ1v) is 6.25. The Morgan fingerprint density at radius 2 is 1.26 bits per heavy atom. The van der Waals surface area contributed by atoms with Gasteiger partial charge < -0.3 is 0 Å². The molecule has 0 aromatic heterocycles.